The molecule has 0 fully saturated rings. The fraction of sp³-hybridized carbons (Fsp3) is 0.231. The highest BCUT2D eigenvalue weighted by Crippen LogP contribution is 2.56. The van der Waals surface area contributed by atoms with Crippen LogP contribution < -0.4 is 24.3 Å². The van der Waals surface area contributed by atoms with E-state index >= 15 is 4.57 Å². The lowest BCUT2D eigenvalue weighted by molar-refractivity contribution is 0.103. The zero-order chi connectivity index (χ0) is 25.0. The van der Waals surface area contributed by atoms with E-state index in [2.05, 4.69) is 0 Å². The van der Waals surface area contributed by atoms with E-state index in [1.54, 1.807) is 68.4 Å². The van der Waals surface area contributed by atoms with Gasteiger partial charge >= 0.3 is 0 Å². The zero-order valence-electron chi connectivity index (χ0n) is 20.0. The van der Waals surface area contributed by atoms with Crippen molar-refractivity contribution in [3.63, 3.8) is 0 Å². The summed E-state index contributed by atoms with van der Waals surface area (Å²) in [5.74, 6) is 0.595. The van der Waals surface area contributed by atoms with E-state index in [4.69, 9.17) is 18.9 Å². The molecular weight excluding hydrogens is 455 g/mol. The molecule has 0 saturated heterocycles. The molecule has 0 aliphatic carbocycles. The molecule has 0 unspecified atom stereocenters. The molecule has 178 valence electrons. The number of hydrogen-bond donors (Lipinski definition) is 0. The Balaban J connectivity index is 2.44. The minimum atomic E-state index is -4.53. The fourth-order valence-corrected chi connectivity index (χ4v) is 6.84. The zero-order valence-corrected chi connectivity index (χ0v) is 20.9. The van der Waals surface area contributed by atoms with Crippen LogP contribution in [0.15, 0.2) is 54.6 Å². The van der Waals surface area contributed by atoms with Gasteiger partial charge in [0, 0.05) is 5.30 Å². The summed E-state index contributed by atoms with van der Waals surface area (Å²) in [6.07, 6.45) is 0. The number of carbonyl (C=O) groups excluding carboxylic acids is 2. The summed E-state index contributed by atoms with van der Waals surface area (Å²) in [5, 5.41) is 0.172. The summed E-state index contributed by atoms with van der Waals surface area (Å²) in [4.78, 5) is 28.4. The monoisotopic (exact) mass is 482 g/mol. The van der Waals surface area contributed by atoms with Gasteiger partial charge in [-0.15, -0.1) is 0 Å². The highest BCUT2D eigenvalue weighted by atomic mass is 31.2. The number of aryl methyl sites for hydroxylation is 2. The van der Waals surface area contributed by atoms with E-state index < -0.39 is 18.2 Å². The summed E-state index contributed by atoms with van der Waals surface area (Å²) >= 11 is 0. The van der Waals surface area contributed by atoms with Gasteiger partial charge in [0.25, 0.3) is 0 Å². The lowest BCUT2D eigenvalue weighted by Gasteiger charge is -2.23. The molecule has 0 aromatic heterocycles. The Morgan fingerprint density at radius 3 is 1.18 bits per heavy atom. The molecule has 3 aromatic rings. The fourth-order valence-electron chi connectivity index (χ4n) is 4.04. The van der Waals surface area contributed by atoms with Crippen LogP contribution in [0, 0.1) is 13.8 Å². The highest BCUT2D eigenvalue weighted by Gasteiger charge is 2.48. The largest absolute Gasteiger partial charge is 0.496 e. The average molecular weight is 482 g/mol. The molecule has 7 nitrogen and oxygen atoms in total. The quantitative estimate of drug-likeness (QED) is 0.396. The van der Waals surface area contributed by atoms with Crippen LogP contribution in [0.25, 0.3) is 0 Å². The van der Waals surface area contributed by atoms with Gasteiger partial charge in [0.05, 0.1) is 28.4 Å². The van der Waals surface area contributed by atoms with Crippen molar-refractivity contribution < 1.29 is 33.1 Å². The van der Waals surface area contributed by atoms with E-state index in [1.165, 1.54) is 28.4 Å². The first kappa shape index (κ1) is 25.1. The van der Waals surface area contributed by atoms with Gasteiger partial charge in [0.2, 0.25) is 18.2 Å². The first-order valence-electron chi connectivity index (χ1n) is 10.4. The molecule has 3 aromatic carbocycles. The second-order valence-corrected chi connectivity index (χ2v) is 10.0. The minimum absolute atomic E-state index is 0.0688. The first-order chi connectivity index (χ1) is 16.3. The maximum Gasteiger partial charge on any atom is 0.249 e. The summed E-state index contributed by atoms with van der Waals surface area (Å²) in [5.41, 5.74) is -0.823. The van der Waals surface area contributed by atoms with Crippen LogP contribution in [0.3, 0.4) is 0 Å². The normalized spacial score (nSPS) is 11.0. The van der Waals surface area contributed by atoms with Gasteiger partial charge in [-0.2, -0.15) is 0 Å². The van der Waals surface area contributed by atoms with Crippen LogP contribution in [-0.4, -0.2) is 39.5 Å². The molecular formula is C26H27O7P. The minimum Gasteiger partial charge on any atom is -0.496 e. The number of methoxy groups -OCH3 is 4. The molecule has 0 heterocycles. The van der Waals surface area contributed by atoms with Gasteiger partial charge < -0.3 is 23.5 Å². The molecule has 0 aliphatic rings. The Kier molecular flexibility index (Phi) is 7.48. The average Bonchev–Trinajstić information content (AvgIpc) is 2.86. The Morgan fingerprint density at radius 1 is 0.588 bits per heavy atom. The van der Waals surface area contributed by atoms with Gasteiger partial charge in [0.1, 0.15) is 34.1 Å². The lowest BCUT2D eigenvalue weighted by atomic mass is 10.1. The van der Waals surface area contributed by atoms with Crippen LogP contribution in [0.1, 0.15) is 31.8 Å². The van der Waals surface area contributed by atoms with Gasteiger partial charge in [-0.1, -0.05) is 30.3 Å². The van der Waals surface area contributed by atoms with Crippen molar-refractivity contribution in [1.82, 2.24) is 0 Å². The summed E-state index contributed by atoms with van der Waals surface area (Å²) in [6.45, 7) is 3.43. The summed E-state index contributed by atoms with van der Waals surface area (Å²) in [7, 11) is 1.03. The van der Waals surface area contributed by atoms with Crippen molar-refractivity contribution in [1.29, 1.82) is 0 Å². The van der Waals surface area contributed by atoms with Crippen molar-refractivity contribution in [2.24, 2.45) is 0 Å². The first-order valence-corrected chi connectivity index (χ1v) is 12.1. The predicted octanol–water partition coefficient (Wildman–Crippen LogP) is 5.01. The molecule has 0 atom stereocenters. The van der Waals surface area contributed by atoms with Crippen molar-refractivity contribution in [3.05, 3.63) is 76.9 Å². The van der Waals surface area contributed by atoms with E-state index in [9.17, 15) is 9.59 Å². The standard InChI is InChI=1S/C26H27O7P/c1-16-10-7-11-17(2)24(16)34(29,25(27)22-18(30-3)12-8-13-19(22)31-4)26(28)23-20(32-5)14-9-15-21(23)33-6/h7-15H,1-6H3. The number of benzene rings is 3. The maximum absolute atomic E-state index is 15.0. The Hall–Kier alpha value is -3.57. The molecule has 0 aliphatic heterocycles. The van der Waals surface area contributed by atoms with Crippen LogP contribution >= 0.6 is 7.14 Å². The summed E-state index contributed by atoms with van der Waals surface area (Å²) in [6, 6.07) is 14.7. The van der Waals surface area contributed by atoms with Crippen LogP contribution in [-0.2, 0) is 4.57 Å². The van der Waals surface area contributed by atoms with Gasteiger partial charge in [-0.3, -0.25) is 9.59 Å². The molecule has 3 rings (SSSR count). The number of hydrogen-bond acceptors (Lipinski definition) is 7. The Bertz CT molecular complexity index is 1160. The smallest absolute Gasteiger partial charge is 0.249 e. The molecule has 0 N–H and O–H groups in total. The number of carbonyl (C=O) groups is 2. The predicted molar refractivity (Wildman–Crippen MR) is 131 cm³/mol. The molecule has 0 amide bonds. The molecule has 0 radical (unpaired) electrons. The van der Waals surface area contributed by atoms with Crippen LogP contribution in [0.5, 0.6) is 23.0 Å². The third-order valence-corrected chi connectivity index (χ3v) is 8.54. The van der Waals surface area contributed by atoms with Crippen molar-refractivity contribution in [3.8, 4) is 23.0 Å². The second kappa shape index (κ2) is 10.1. The van der Waals surface area contributed by atoms with E-state index in [0.717, 1.165) is 0 Å². The number of ether oxygens (including phenoxy) is 4. The Labute approximate surface area is 199 Å². The Morgan fingerprint density at radius 2 is 0.882 bits per heavy atom. The topological polar surface area (TPSA) is 88.1 Å². The van der Waals surface area contributed by atoms with Gasteiger partial charge in [-0.05, 0) is 49.2 Å². The second-order valence-electron chi connectivity index (χ2n) is 7.54. The van der Waals surface area contributed by atoms with Crippen LogP contribution in [0.4, 0.5) is 0 Å². The van der Waals surface area contributed by atoms with Crippen molar-refractivity contribution in [2.45, 2.75) is 13.8 Å². The highest BCUT2D eigenvalue weighted by molar-refractivity contribution is 8.01. The van der Waals surface area contributed by atoms with Crippen molar-refractivity contribution >= 4 is 23.5 Å². The molecule has 0 bridgehead atoms. The third kappa shape index (κ3) is 4.08. The van der Waals surface area contributed by atoms with E-state index in [-0.39, 0.29) is 39.4 Å². The van der Waals surface area contributed by atoms with Crippen molar-refractivity contribution in [2.75, 3.05) is 28.4 Å². The third-order valence-electron chi connectivity index (χ3n) is 5.61. The maximum atomic E-state index is 15.0. The number of rotatable bonds is 9. The molecule has 0 spiro atoms. The molecule has 8 heteroatoms. The summed E-state index contributed by atoms with van der Waals surface area (Å²) < 4.78 is 36.6. The van der Waals surface area contributed by atoms with E-state index in [0.29, 0.717) is 11.1 Å². The van der Waals surface area contributed by atoms with E-state index in [1.807, 2.05) is 0 Å². The SMILES string of the molecule is COc1cccc(OC)c1C(=O)P(=O)(C(=O)c1c(OC)cccc1OC)c1c(C)cccc1C. The van der Waals surface area contributed by atoms with Gasteiger partial charge in [0.15, 0.2) is 0 Å². The van der Waals surface area contributed by atoms with Crippen LogP contribution in [0.2, 0.25) is 0 Å². The lowest BCUT2D eigenvalue weighted by Crippen LogP contribution is -2.25. The molecule has 34 heavy (non-hydrogen) atoms. The van der Waals surface area contributed by atoms with Gasteiger partial charge in [-0.25, -0.2) is 0 Å². The molecule has 0 saturated carbocycles.